The summed E-state index contributed by atoms with van der Waals surface area (Å²) in [6.07, 6.45) is 17.0. The second-order valence-corrected chi connectivity index (χ2v) is 7.44. The van der Waals surface area contributed by atoms with Gasteiger partial charge in [-0.3, -0.25) is 4.79 Å². The average Bonchev–Trinajstić information content (AvgIpc) is 2.93. The Balaban J connectivity index is 2.34. The first-order valence-electron chi connectivity index (χ1n) is 9.45. The number of carbonyl (C=O) groups excluding carboxylic acids is 1. The van der Waals surface area contributed by atoms with Crippen molar-refractivity contribution < 1.29 is 4.79 Å². The predicted octanol–water partition coefficient (Wildman–Crippen LogP) is 5.82. The van der Waals surface area contributed by atoms with Crippen LogP contribution in [0.2, 0.25) is 0 Å². The number of benzene rings is 1. The lowest BCUT2D eigenvalue weighted by molar-refractivity contribution is -0.125. The predicted molar refractivity (Wildman–Crippen MR) is 109 cm³/mol. The molecule has 1 aliphatic rings. The smallest absolute Gasteiger partial charge is 0.140 e. The van der Waals surface area contributed by atoms with E-state index in [0.717, 1.165) is 43.2 Å². The van der Waals surface area contributed by atoms with Crippen molar-refractivity contribution in [1.29, 1.82) is 0 Å². The van der Waals surface area contributed by atoms with Gasteiger partial charge in [0, 0.05) is 29.7 Å². The number of unbranched alkanes of at least 4 members (excludes halogenated alkanes) is 2. The number of hydrogen-bond donors (Lipinski definition) is 0. The number of Topliss-reactive ketones (excluding diaryl/α,β-unsaturated/α-hetero) is 1. The van der Waals surface area contributed by atoms with Crippen molar-refractivity contribution in [2.24, 2.45) is 11.3 Å². The van der Waals surface area contributed by atoms with Gasteiger partial charge in [0.25, 0.3) is 0 Å². The van der Waals surface area contributed by atoms with Crippen molar-refractivity contribution in [2.45, 2.75) is 58.8 Å². The third kappa shape index (κ3) is 4.79. The van der Waals surface area contributed by atoms with Gasteiger partial charge in [-0.1, -0.05) is 37.3 Å². The van der Waals surface area contributed by atoms with Gasteiger partial charge in [0.15, 0.2) is 0 Å². The van der Waals surface area contributed by atoms with Crippen molar-refractivity contribution in [3.8, 4) is 24.7 Å². The minimum atomic E-state index is -0.489. The summed E-state index contributed by atoms with van der Waals surface area (Å²) in [5.74, 6) is 5.83. The highest BCUT2D eigenvalue weighted by Crippen LogP contribution is 2.46. The Morgan fingerprint density at radius 3 is 2.62 bits per heavy atom. The largest absolute Gasteiger partial charge is 0.299 e. The molecule has 1 heteroatoms. The van der Waals surface area contributed by atoms with E-state index in [2.05, 4.69) is 36.6 Å². The summed E-state index contributed by atoms with van der Waals surface area (Å²) in [5.41, 5.74) is 6.50. The van der Waals surface area contributed by atoms with Crippen LogP contribution in [-0.2, 0) is 4.79 Å². The number of rotatable bonds is 7. The van der Waals surface area contributed by atoms with Gasteiger partial charge >= 0.3 is 0 Å². The van der Waals surface area contributed by atoms with Crippen LogP contribution in [0.25, 0.3) is 5.57 Å². The van der Waals surface area contributed by atoms with E-state index in [9.17, 15) is 4.79 Å². The summed E-state index contributed by atoms with van der Waals surface area (Å²) < 4.78 is 0. The zero-order chi connectivity index (χ0) is 19.0. The molecule has 2 atom stereocenters. The van der Waals surface area contributed by atoms with Gasteiger partial charge in [-0.2, -0.15) is 0 Å². The second kappa shape index (κ2) is 9.29. The van der Waals surface area contributed by atoms with Crippen molar-refractivity contribution >= 4 is 11.4 Å². The second-order valence-electron chi connectivity index (χ2n) is 7.44. The molecular formula is C25H28O. The van der Waals surface area contributed by atoms with Crippen LogP contribution < -0.4 is 0 Å². The summed E-state index contributed by atoms with van der Waals surface area (Å²) in [4.78, 5) is 12.6. The maximum Gasteiger partial charge on any atom is 0.140 e. The lowest BCUT2D eigenvalue weighted by Gasteiger charge is -2.27. The van der Waals surface area contributed by atoms with Gasteiger partial charge in [0.05, 0.1) is 0 Å². The van der Waals surface area contributed by atoms with Crippen molar-refractivity contribution in [2.75, 3.05) is 0 Å². The fourth-order valence-electron chi connectivity index (χ4n) is 3.73. The van der Waals surface area contributed by atoms with Gasteiger partial charge in [0.2, 0.25) is 0 Å². The maximum atomic E-state index is 12.6. The molecule has 1 aromatic rings. The van der Waals surface area contributed by atoms with E-state index in [1.165, 1.54) is 5.57 Å². The molecule has 0 N–H and O–H groups in total. The Bertz CT molecular complexity index is 778. The maximum absolute atomic E-state index is 12.6. The number of ketones is 1. The van der Waals surface area contributed by atoms with E-state index in [1.807, 2.05) is 25.1 Å². The normalized spacial score (nSPS) is 21.5. The molecule has 1 saturated carbocycles. The van der Waals surface area contributed by atoms with Crippen LogP contribution in [0, 0.1) is 36.0 Å². The molecule has 0 saturated heterocycles. The Hall–Kier alpha value is -2.47. The quantitative estimate of drug-likeness (QED) is 0.346. The van der Waals surface area contributed by atoms with E-state index in [0.29, 0.717) is 12.8 Å². The van der Waals surface area contributed by atoms with E-state index in [1.54, 1.807) is 0 Å². The van der Waals surface area contributed by atoms with Crippen LogP contribution in [0.5, 0.6) is 0 Å². The monoisotopic (exact) mass is 344 g/mol. The zero-order valence-electron chi connectivity index (χ0n) is 16.0. The summed E-state index contributed by atoms with van der Waals surface area (Å²) in [6, 6.07) is 10.2. The molecule has 0 heterocycles. The van der Waals surface area contributed by atoms with Crippen LogP contribution >= 0.6 is 0 Å². The Labute approximate surface area is 158 Å². The van der Waals surface area contributed by atoms with Crippen molar-refractivity contribution in [3.63, 3.8) is 0 Å². The van der Waals surface area contributed by atoms with Crippen LogP contribution in [-0.4, -0.2) is 5.78 Å². The fraction of sp³-hybridized carbons (Fsp3) is 0.440. The standard InChI is InChI=1S/C25H28O/c1-5-7-8-10-13-20(3)18-22(21-14-11-9-12-15-21)19-25(4)23(6-2)16-17-24(25)26/h1-2,9,11-12,14-15,23H,7-8,10,13,16-17,19H2,3-4H3/t18?,23-,25+/m0/s1. The summed E-state index contributed by atoms with van der Waals surface area (Å²) >= 11 is 0. The molecule has 0 amide bonds. The van der Waals surface area contributed by atoms with E-state index < -0.39 is 5.41 Å². The van der Waals surface area contributed by atoms with Crippen LogP contribution in [0.3, 0.4) is 0 Å². The molecule has 1 fully saturated rings. The lowest BCUT2D eigenvalue weighted by Crippen LogP contribution is -2.28. The minimum absolute atomic E-state index is 0.00597. The van der Waals surface area contributed by atoms with Crippen molar-refractivity contribution in [1.82, 2.24) is 0 Å². The van der Waals surface area contributed by atoms with Crippen LogP contribution in [0.1, 0.15) is 64.4 Å². The van der Waals surface area contributed by atoms with Crippen LogP contribution in [0.15, 0.2) is 41.6 Å². The first kappa shape index (κ1) is 19.8. The van der Waals surface area contributed by atoms with E-state index >= 15 is 0 Å². The molecule has 26 heavy (non-hydrogen) atoms. The molecule has 1 aromatic carbocycles. The Kier molecular flexibility index (Phi) is 7.09. The number of terminal acetylenes is 2. The van der Waals surface area contributed by atoms with Crippen LogP contribution in [0.4, 0.5) is 0 Å². The molecule has 0 aromatic heterocycles. The summed E-state index contributed by atoms with van der Waals surface area (Å²) in [5, 5.41) is 0. The number of hydrogen-bond acceptors (Lipinski definition) is 1. The molecule has 0 aliphatic heterocycles. The lowest BCUT2D eigenvalue weighted by atomic mass is 9.73. The highest BCUT2D eigenvalue weighted by atomic mass is 16.1. The number of allylic oxidation sites excluding steroid dienone is 1. The molecule has 0 radical (unpaired) electrons. The average molecular weight is 344 g/mol. The van der Waals surface area contributed by atoms with Gasteiger partial charge in [0.1, 0.15) is 5.78 Å². The molecule has 0 bridgehead atoms. The SMILES string of the molecule is C#CCCCCC(C)=C=C(C[C@@]1(C)C(=O)CC[C@@H]1C#C)c1ccccc1. The summed E-state index contributed by atoms with van der Waals surface area (Å²) in [7, 11) is 0. The topological polar surface area (TPSA) is 17.1 Å². The molecule has 2 rings (SSSR count). The number of carbonyl (C=O) groups is 1. The Morgan fingerprint density at radius 2 is 1.96 bits per heavy atom. The molecule has 0 spiro atoms. The minimum Gasteiger partial charge on any atom is -0.299 e. The molecule has 0 unspecified atom stereocenters. The molecule has 1 nitrogen and oxygen atoms in total. The highest BCUT2D eigenvalue weighted by Gasteiger charge is 2.45. The molecule has 1 aliphatic carbocycles. The van der Waals surface area contributed by atoms with Gasteiger partial charge in [-0.05, 0) is 50.2 Å². The molecule has 134 valence electrons. The van der Waals surface area contributed by atoms with Crippen molar-refractivity contribution in [3.05, 3.63) is 47.2 Å². The first-order chi connectivity index (χ1) is 12.5. The Morgan fingerprint density at radius 1 is 1.23 bits per heavy atom. The molecular weight excluding hydrogens is 316 g/mol. The van der Waals surface area contributed by atoms with Gasteiger partial charge in [-0.15, -0.1) is 30.4 Å². The zero-order valence-corrected chi connectivity index (χ0v) is 16.0. The van der Waals surface area contributed by atoms with E-state index in [-0.39, 0.29) is 11.7 Å². The highest BCUT2D eigenvalue weighted by molar-refractivity contribution is 5.89. The van der Waals surface area contributed by atoms with Gasteiger partial charge < -0.3 is 0 Å². The fourth-order valence-corrected chi connectivity index (χ4v) is 3.73. The third-order valence-corrected chi connectivity index (χ3v) is 5.42. The third-order valence-electron chi connectivity index (χ3n) is 5.42. The van der Waals surface area contributed by atoms with Gasteiger partial charge in [-0.25, -0.2) is 0 Å². The first-order valence-corrected chi connectivity index (χ1v) is 9.45. The van der Waals surface area contributed by atoms with E-state index in [4.69, 9.17) is 12.8 Å². The summed E-state index contributed by atoms with van der Waals surface area (Å²) in [6.45, 7) is 4.13.